The van der Waals surface area contributed by atoms with Gasteiger partial charge in [0.2, 0.25) is 0 Å². The van der Waals surface area contributed by atoms with E-state index in [4.69, 9.17) is 16.3 Å². The zero-order chi connectivity index (χ0) is 17.7. The average Bonchev–Trinajstić information content (AvgIpc) is 2.50. The van der Waals surface area contributed by atoms with Crippen molar-refractivity contribution in [3.05, 3.63) is 63.1 Å². The number of nitrogens with one attached hydrogen (secondary N) is 1. The van der Waals surface area contributed by atoms with Gasteiger partial charge in [-0.3, -0.25) is 0 Å². The van der Waals surface area contributed by atoms with Gasteiger partial charge in [-0.05, 0) is 42.8 Å². The van der Waals surface area contributed by atoms with E-state index in [-0.39, 0.29) is 18.4 Å². The fraction of sp³-hybridized carbons (Fsp3) is 0.294. The van der Waals surface area contributed by atoms with Crippen molar-refractivity contribution < 1.29 is 17.9 Å². The summed E-state index contributed by atoms with van der Waals surface area (Å²) in [5, 5.41) is 3.90. The van der Waals surface area contributed by atoms with Crippen molar-refractivity contribution in [2.75, 3.05) is 13.2 Å². The maximum absolute atomic E-state index is 12.8. The molecule has 2 aromatic carbocycles. The lowest BCUT2D eigenvalue weighted by molar-refractivity contribution is -0.137. The Labute approximate surface area is 152 Å². The molecule has 0 aliphatic heterocycles. The molecule has 0 aromatic heterocycles. The second kappa shape index (κ2) is 8.23. The zero-order valence-electron chi connectivity index (χ0n) is 12.8. The van der Waals surface area contributed by atoms with Gasteiger partial charge in [0.1, 0.15) is 12.4 Å². The Hall–Kier alpha value is -1.24. The van der Waals surface area contributed by atoms with Crippen LogP contribution < -0.4 is 10.1 Å². The second-order valence-electron chi connectivity index (χ2n) is 5.25. The van der Waals surface area contributed by atoms with Crippen LogP contribution in [-0.2, 0) is 6.18 Å². The molecule has 0 unspecified atom stereocenters. The molecular weight excluding hydrogens is 407 g/mol. The van der Waals surface area contributed by atoms with E-state index >= 15 is 0 Å². The van der Waals surface area contributed by atoms with E-state index in [2.05, 4.69) is 21.2 Å². The summed E-state index contributed by atoms with van der Waals surface area (Å²) in [5.41, 5.74) is 0.288. The molecule has 7 heteroatoms. The predicted octanol–water partition coefficient (Wildman–Crippen LogP) is 5.85. The van der Waals surface area contributed by atoms with Crippen molar-refractivity contribution >= 4 is 27.5 Å². The molecule has 1 atom stereocenters. The first-order valence-electron chi connectivity index (χ1n) is 7.25. The van der Waals surface area contributed by atoms with Crippen molar-refractivity contribution in [2.24, 2.45) is 0 Å². The minimum atomic E-state index is -4.40. The number of hydrogen-bond acceptors (Lipinski definition) is 2. The summed E-state index contributed by atoms with van der Waals surface area (Å²) in [5.74, 6) is 0.175. The van der Waals surface area contributed by atoms with Crippen LogP contribution in [0.3, 0.4) is 0 Å². The Balaban J connectivity index is 1.87. The lowest BCUT2D eigenvalue weighted by Gasteiger charge is -2.15. The van der Waals surface area contributed by atoms with Crippen molar-refractivity contribution in [3.63, 3.8) is 0 Å². The average molecular weight is 423 g/mol. The van der Waals surface area contributed by atoms with Crippen LogP contribution in [0.4, 0.5) is 13.2 Å². The lowest BCUT2D eigenvalue weighted by Crippen LogP contribution is -2.24. The molecule has 2 aromatic rings. The molecule has 0 saturated heterocycles. The summed E-state index contributed by atoms with van der Waals surface area (Å²) in [7, 11) is 0. The van der Waals surface area contributed by atoms with Gasteiger partial charge in [0.25, 0.3) is 0 Å². The van der Waals surface area contributed by atoms with Gasteiger partial charge in [-0.25, -0.2) is 0 Å². The summed E-state index contributed by atoms with van der Waals surface area (Å²) in [4.78, 5) is 0. The molecule has 130 valence electrons. The van der Waals surface area contributed by atoms with E-state index in [0.29, 0.717) is 16.0 Å². The fourth-order valence-corrected chi connectivity index (χ4v) is 2.82. The van der Waals surface area contributed by atoms with Gasteiger partial charge in [-0.1, -0.05) is 39.7 Å². The van der Waals surface area contributed by atoms with Gasteiger partial charge in [0.15, 0.2) is 0 Å². The minimum Gasteiger partial charge on any atom is -0.492 e. The van der Waals surface area contributed by atoms with E-state index in [9.17, 15) is 13.2 Å². The maximum Gasteiger partial charge on any atom is 0.416 e. The van der Waals surface area contributed by atoms with Gasteiger partial charge in [0, 0.05) is 22.1 Å². The number of alkyl halides is 3. The van der Waals surface area contributed by atoms with Crippen LogP contribution in [0.2, 0.25) is 5.02 Å². The Morgan fingerprint density at radius 2 is 1.96 bits per heavy atom. The van der Waals surface area contributed by atoms with Crippen LogP contribution in [0.5, 0.6) is 5.75 Å². The molecule has 0 heterocycles. The highest BCUT2D eigenvalue weighted by Gasteiger charge is 2.31. The van der Waals surface area contributed by atoms with Gasteiger partial charge in [0.05, 0.1) is 5.56 Å². The third kappa shape index (κ3) is 5.69. The second-order valence-corrected chi connectivity index (χ2v) is 6.60. The fourth-order valence-electron chi connectivity index (χ4n) is 2.15. The highest BCUT2D eigenvalue weighted by molar-refractivity contribution is 9.10. The molecular formula is C17H16BrClF3NO. The monoisotopic (exact) mass is 421 g/mol. The van der Waals surface area contributed by atoms with Gasteiger partial charge < -0.3 is 10.1 Å². The lowest BCUT2D eigenvalue weighted by atomic mass is 10.1. The molecule has 0 radical (unpaired) electrons. The summed E-state index contributed by atoms with van der Waals surface area (Å²) >= 11 is 9.01. The molecule has 24 heavy (non-hydrogen) atoms. The van der Waals surface area contributed by atoms with Crippen LogP contribution in [0, 0.1) is 0 Å². The van der Waals surface area contributed by atoms with E-state index in [1.165, 1.54) is 6.07 Å². The smallest absolute Gasteiger partial charge is 0.416 e. The standard InChI is InChI=1S/C17H16BrClF3NO/c1-11(12-3-2-4-15(19)7-12)23-5-6-24-16-9-13(17(20,21)22)8-14(18)10-16/h2-4,7-11,23H,5-6H2,1H3/t11-/m1/s1. The van der Waals surface area contributed by atoms with Crippen LogP contribution in [-0.4, -0.2) is 13.2 Å². The van der Waals surface area contributed by atoms with E-state index in [1.807, 2.05) is 25.1 Å². The molecule has 0 saturated carbocycles. The van der Waals surface area contributed by atoms with E-state index in [1.54, 1.807) is 6.07 Å². The predicted molar refractivity (Wildman–Crippen MR) is 92.5 cm³/mol. The van der Waals surface area contributed by atoms with Gasteiger partial charge in [-0.15, -0.1) is 0 Å². The van der Waals surface area contributed by atoms with E-state index in [0.717, 1.165) is 17.7 Å². The normalized spacial score (nSPS) is 12.9. The number of rotatable bonds is 6. The van der Waals surface area contributed by atoms with Gasteiger partial charge >= 0.3 is 6.18 Å². The SMILES string of the molecule is C[C@@H](NCCOc1cc(Br)cc(C(F)(F)F)c1)c1cccc(Cl)c1. The van der Waals surface area contributed by atoms with Crippen LogP contribution in [0.25, 0.3) is 0 Å². The first-order chi connectivity index (χ1) is 11.3. The van der Waals surface area contributed by atoms with Crippen molar-refractivity contribution in [2.45, 2.75) is 19.1 Å². The Morgan fingerprint density at radius 3 is 2.62 bits per heavy atom. The number of benzene rings is 2. The van der Waals surface area contributed by atoms with Crippen molar-refractivity contribution in [1.82, 2.24) is 5.32 Å². The highest BCUT2D eigenvalue weighted by Crippen LogP contribution is 2.34. The number of halogens is 5. The zero-order valence-corrected chi connectivity index (χ0v) is 15.2. The molecule has 0 bridgehead atoms. The Kier molecular flexibility index (Phi) is 6.54. The first kappa shape index (κ1) is 19.1. The third-order valence-electron chi connectivity index (χ3n) is 3.37. The van der Waals surface area contributed by atoms with Crippen LogP contribution >= 0.6 is 27.5 Å². The Morgan fingerprint density at radius 1 is 1.21 bits per heavy atom. The van der Waals surface area contributed by atoms with Crippen molar-refractivity contribution in [3.8, 4) is 5.75 Å². The molecule has 0 aliphatic rings. The molecule has 2 rings (SSSR count). The molecule has 0 aliphatic carbocycles. The number of ether oxygens (including phenoxy) is 1. The summed E-state index contributed by atoms with van der Waals surface area (Å²) in [6.07, 6.45) is -4.40. The molecule has 0 fully saturated rings. The maximum atomic E-state index is 12.8. The van der Waals surface area contributed by atoms with E-state index < -0.39 is 11.7 Å². The molecule has 0 amide bonds. The summed E-state index contributed by atoms with van der Waals surface area (Å²) in [6, 6.07) is 11.1. The summed E-state index contributed by atoms with van der Waals surface area (Å²) in [6.45, 7) is 2.72. The largest absolute Gasteiger partial charge is 0.492 e. The van der Waals surface area contributed by atoms with Crippen molar-refractivity contribution in [1.29, 1.82) is 0 Å². The Bertz CT molecular complexity index is 694. The first-order valence-corrected chi connectivity index (χ1v) is 8.42. The van der Waals surface area contributed by atoms with Crippen LogP contribution in [0.15, 0.2) is 46.9 Å². The molecule has 0 spiro atoms. The summed E-state index contributed by atoms with van der Waals surface area (Å²) < 4.78 is 44.0. The van der Waals surface area contributed by atoms with Gasteiger partial charge in [-0.2, -0.15) is 13.2 Å². The highest BCUT2D eigenvalue weighted by atomic mass is 79.9. The minimum absolute atomic E-state index is 0.0561. The van der Waals surface area contributed by atoms with Crippen LogP contribution in [0.1, 0.15) is 24.1 Å². The quantitative estimate of drug-likeness (QED) is 0.590. The number of hydrogen-bond donors (Lipinski definition) is 1. The molecule has 2 nitrogen and oxygen atoms in total. The molecule has 1 N–H and O–H groups in total. The third-order valence-corrected chi connectivity index (χ3v) is 4.06. The topological polar surface area (TPSA) is 21.3 Å².